The normalized spacial score (nSPS) is 22.0. The van der Waals surface area contributed by atoms with Crippen LogP contribution in [0.4, 0.5) is 0 Å². The molecule has 2 aliphatic rings. The van der Waals surface area contributed by atoms with Crippen LogP contribution in [0, 0.1) is 0 Å². The second-order valence-corrected chi connectivity index (χ2v) is 6.46. The van der Waals surface area contributed by atoms with Crippen LogP contribution in [0.15, 0.2) is 72.9 Å². The first kappa shape index (κ1) is 17.0. The van der Waals surface area contributed by atoms with E-state index in [9.17, 15) is 14.4 Å². The van der Waals surface area contributed by atoms with E-state index in [0.29, 0.717) is 11.1 Å². The average Bonchev–Trinajstić information content (AvgIpc) is 2.95. The molecule has 3 amide bonds. The Kier molecular flexibility index (Phi) is 4.20. The fraction of sp³-hybridized carbons (Fsp3) is 0.136. The van der Waals surface area contributed by atoms with Crippen LogP contribution < -0.4 is 0 Å². The molecule has 1 fully saturated rings. The first-order valence-corrected chi connectivity index (χ1v) is 8.78. The fourth-order valence-corrected chi connectivity index (χ4v) is 3.54. The highest BCUT2D eigenvalue weighted by Crippen LogP contribution is 2.33. The quantitative estimate of drug-likeness (QED) is 0.623. The topological polar surface area (TPSA) is 57.7 Å². The third kappa shape index (κ3) is 2.68. The number of benzene rings is 2. The maximum atomic E-state index is 12.8. The first-order valence-electron chi connectivity index (χ1n) is 8.78. The Hall–Kier alpha value is -3.47. The Morgan fingerprint density at radius 2 is 1.44 bits per heavy atom. The van der Waals surface area contributed by atoms with Crippen molar-refractivity contribution in [1.82, 2.24) is 9.80 Å². The highest BCUT2D eigenvalue weighted by atomic mass is 16.2. The molecule has 2 atom stereocenters. The van der Waals surface area contributed by atoms with Crippen molar-refractivity contribution in [2.45, 2.75) is 19.0 Å². The van der Waals surface area contributed by atoms with Crippen molar-refractivity contribution in [2.75, 3.05) is 0 Å². The van der Waals surface area contributed by atoms with E-state index in [1.807, 2.05) is 49.4 Å². The highest BCUT2D eigenvalue weighted by Gasteiger charge is 2.54. The highest BCUT2D eigenvalue weighted by molar-refractivity contribution is 6.23. The number of carbonyl (C=O) groups is 3. The monoisotopic (exact) mass is 358 g/mol. The average molecular weight is 358 g/mol. The SMILES string of the molecule is C/C=C\N1C(=O)[C@H](N2C(=O)c3ccccc3C2=O)[C@@H]1/C=C/c1ccccc1. The van der Waals surface area contributed by atoms with Crippen molar-refractivity contribution in [2.24, 2.45) is 0 Å². The molecule has 2 aliphatic heterocycles. The van der Waals surface area contributed by atoms with Crippen molar-refractivity contribution in [3.8, 4) is 0 Å². The number of likely N-dealkylation sites (tertiary alicyclic amines) is 1. The van der Waals surface area contributed by atoms with Crippen LogP contribution in [-0.4, -0.2) is 39.6 Å². The number of allylic oxidation sites excluding steroid dienone is 1. The minimum absolute atomic E-state index is 0.259. The van der Waals surface area contributed by atoms with E-state index in [2.05, 4.69) is 0 Å². The van der Waals surface area contributed by atoms with Crippen molar-refractivity contribution in [1.29, 1.82) is 0 Å². The van der Waals surface area contributed by atoms with Crippen molar-refractivity contribution in [3.05, 3.63) is 89.6 Å². The molecule has 0 bridgehead atoms. The van der Waals surface area contributed by atoms with Crippen LogP contribution in [0.5, 0.6) is 0 Å². The molecule has 134 valence electrons. The molecule has 27 heavy (non-hydrogen) atoms. The molecule has 0 N–H and O–H groups in total. The van der Waals surface area contributed by atoms with E-state index in [0.717, 1.165) is 10.5 Å². The lowest BCUT2D eigenvalue weighted by Gasteiger charge is -2.46. The lowest BCUT2D eigenvalue weighted by atomic mass is 9.92. The third-order valence-electron chi connectivity index (χ3n) is 4.85. The number of hydrogen-bond acceptors (Lipinski definition) is 3. The molecule has 0 spiro atoms. The van der Waals surface area contributed by atoms with Gasteiger partial charge in [0.05, 0.1) is 17.2 Å². The van der Waals surface area contributed by atoms with Crippen LogP contribution >= 0.6 is 0 Å². The summed E-state index contributed by atoms with van der Waals surface area (Å²) >= 11 is 0. The zero-order chi connectivity index (χ0) is 19.0. The summed E-state index contributed by atoms with van der Waals surface area (Å²) in [5.41, 5.74) is 1.69. The Labute approximate surface area is 157 Å². The Bertz CT molecular complexity index is 943. The first-order chi connectivity index (χ1) is 13.1. The maximum absolute atomic E-state index is 12.8. The zero-order valence-electron chi connectivity index (χ0n) is 14.8. The molecule has 2 aromatic carbocycles. The van der Waals surface area contributed by atoms with Crippen LogP contribution in [0.1, 0.15) is 33.2 Å². The fourth-order valence-electron chi connectivity index (χ4n) is 3.54. The number of nitrogens with zero attached hydrogens (tertiary/aromatic N) is 2. The number of carbonyl (C=O) groups excluding carboxylic acids is 3. The van der Waals surface area contributed by atoms with E-state index in [1.165, 1.54) is 0 Å². The molecular weight excluding hydrogens is 340 g/mol. The van der Waals surface area contributed by atoms with Crippen LogP contribution in [-0.2, 0) is 4.79 Å². The molecule has 1 saturated heterocycles. The number of β-lactam (4-membered cyclic amide) rings is 1. The summed E-state index contributed by atoms with van der Waals surface area (Å²) in [4.78, 5) is 40.9. The molecule has 0 radical (unpaired) electrons. The van der Waals surface area contributed by atoms with Gasteiger partial charge in [-0.2, -0.15) is 0 Å². The van der Waals surface area contributed by atoms with Gasteiger partial charge in [-0.3, -0.25) is 19.3 Å². The number of amides is 3. The molecule has 0 aromatic heterocycles. The minimum Gasteiger partial charge on any atom is -0.308 e. The standard InChI is InChI=1S/C22H18N2O3/c1-2-14-23-18(13-12-15-8-4-3-5-9-15)19(22(23)27)24-20(25)16-10-6-7-11-17(16)21(24)26/h2-14,18-19H,1H3/b13-12+,14-2-/t18-,19+/m0/s1. The van der Waals surface area contributed by atoms with Crippen molar-refractivity contribution >= 4 is 23.8 Å². The maximum Gasteiger partial charge on any atom is 0.262 e. The second kappa shape index (κ2) is 6.68. The van der Waals surface area contributed by atoms with Crippen LogP contribution in [0.25, 0.3) is 6.08 Å². The van der Waals surface area contributed by atoms with Gasteiger partial charge in [0.1, 0.15) is 6.04 Å². The van der Waals surface area contributed by atoms with E-state index >= 15 is 0 Å². The number of hydrogen-bond donors (Lipinski definition) is 0. The predicted molar refractivity (Wildman–Crippen MR) is 102 cm³/mol. The second-order valence-electron chi connectivity index (χ2n) is 6.46. The predicted octanol–water partition coefficient (Wildman–Crippen LogP) is 3.11. The molecule has 0 unspecified atom stereocenters. The van der Waals surface area contributed by atoms with E-state index in [1.54, 1.807) is 41.4 Å². The van der Waals surface area contributed by atoms with Crippen molar-refractivity contribution in [3.63, 3.8) is 0 Å². The molecule has 0 aliphatic carbocycles. The van der Waals surface area contributed by atoms with Gasteiger partial charge in [0.15, 0.2) is 0 Å². The van der Waals surface area contributed by atoms with Crippen LogP contribution in [0.2, 0.25) is 0 Å². The summed E-state index contributed by atoms with van der Waals surface area (Å²) in [7, 11) is 0. The molecule has 0 saturated carbocycles. The Balaban J connectivity index is 1.67. The van der Waals surface area contributed by atoms with E-state index in [-0.39, 0.29) is 5.91 Å². The van der Waals surface area contributed by atoms with E-state index in [4.69, 9.17) is 0 Å². The van der Waals surface area contributed by atoms with Gasteiger partial charge >= 0.3 is 0 Å². The molecular formula is C22H18N2O3. The summed E-state index contributed by atoms with van der Waals surface area (Å²) in [6, 6.07) is 15.1. The summed E-state index contributed by atoms with van der Waals surface area (Å²) in [5.74, 6) is -1.08. The smallest absolute Gasteiger partial charge is 0.262 e. The van der Waals surface area contributed by atoms with Gasteiger partial charge in [-0.05, 0) is 24.6 Å². The lowest BCUT2D eigenvalue weighted by molar-refractivity contribution is -0.147. The summed E-state index contributed by atoms with van der Waals surface area (Å²) in [5, 5.41) is 0. The van der Waals surface area contributed by atoms with E-state index < -0.39 is 23.9 Å². The van der Waals surface area contributed by atoms with Gasteiger partial charge in [0, 0.05) is 6.20 Å². The van der Waals surface area contributed by atoms with Crippen molar-refractivity contribution < 1.29 is 14.4 Å². The van der Waals surface area contributed by atoms with Gasteiger partial charge in [-0.25, -0.2) is 0 Å². The Morgan fingerprint density at radius 3 is 2.04 bits per heavy atom. The van der Waals surface area contributed by atoms with Gasteiger partial charge in [-0.1, -0.05) is 60.7 Å². The van der Waals surface area contributed by atoms with Gasteiger partial charge in [0.25, 0.3) is 17.7 Å². The minimum atomic E-state index is -0.825. The molecule has 4 rings (SSSR count). The summed E-state index contributed by atoms with van der Waals surface area (Å²) < 4.78 is 0. The van der Waals surface area contributed by atoms with Gasteiger partial charge < -0.3 is 4.90 Å². The Morgan fingerprint density at radius 1 is 0.852 bits per heavy atom. The largest absolute Gasteiger partial charge is 0.308 e. The molecule has 2 aromatic rings. The molecule has 5 heteroatoms. The lowest BCUT2D eigenvalue weighted by Crippen LogP contribution is -2.69. The number of imide groups is 1. The summed E-state index contributed by atoms with van der Waals surface area (Å²) in [6.07, 6.45) is 7.21. The molecule has 5 nitrogen and oxygen atoms in total. The number of fused-ring (bicyclic) bond motifs is 1. The summed E-state index contributed by atoms with van der Waals surface area (Å²) in [6.45, 7) is 1.82. The van der Waals surface area contributed by atoms with Gasteiger partial charge in [-0.15, -0.1) is 0 Å². The third-order valence-corrected chi connectivity index (χ3v) is 4.85. The number of rotatable bonds is 4. The molecule has 2 heterocycles. The van der Waals surface area contributed by atoms with Gasteiger partial charge in [0.2, 0.25) is 0 Å². The zero-order valence-corrected chi connectivity index (χ0v) is 14.8. The van der Waals surface area contributed by atoms with Crippen LogP contribution in [0.3, 0.4) is 0 Å².